The molecule has 1 heterocycles. The molecular formula is C15H15NO4S. The number of ether oxygens (including phenoxy) is 2. The van der Waals surface area contributed by atoms with Gasteiger partial charge in [-0.15, -0.1) is 0 Å². The van der Waals surface area contributed by atoms with Crippen LogP contribution in [0.4, 0.5) is 5.69 Å². The smallest absolute Gasteiger partial charge is 0.189 e. The zero-order valence-electron chi connectivity index (χ0n) is 11.3. The van der Waals surface area contributed by atoms with Gasteiger partial charge in [-0.05, 0) is 24.3 Å². The molecule has 2 aromatic carbocycles. The lowest BCUT2D eigenvalue weighted by molar-refractivity contribution is -0.0168. The molecule has 1 aliphatic rings. The number of hydrogen-bond donors (Lipinski definition) is 1. The normalized spacial score (nSPS) is 14.3. The van der Waals surface area contributed by atoms with Crippen molar-refractivity contribution in [3.05, 3.63) is 53.6 Å². The second-order valence-electron chi connectivity index (χ2n) is 4.85. The van der Waals surface area contributed by atoms with Gasteiger partial charge in [0, 0.05) is 16.8 Å². The predicted octanol–water partition coefficient (Wildman–Crippen LogP) is 2.11. The number of benzene rings is 2. The molecule has 0 saturated carbocycles. The van der Waals surface area contributed by atoms with E-state index in [2.05, 4.69) is 0 Å². The topological polar surface area (TPSA) is 78.6 Å². The highest BCUT2D eigenvalue weighted by atomic mass is 32.2. The Kier molecular flexibility index (Phi) is 3.57. The first-order valence-corrected chi connectivity index (χ1v) is 8.11. The van der Waals surface area contributed by atoms with Crippen molar-refractivity contribution in [3.8, 4) is 5.75 Å². The molecule has 1 aliphatic heterocycles. The maximum absolute atomic E-state index is 12.5. The second-order valence-corrected chi connectivity index (χ2v) is 6.84. The Labute approximate surface area is 123 Å². The van der Waals surface area contributed by atoms with Gasteiger partial charge in [0.15, 0.2) is 16.6 Å². The van der Waals surface area contributed by atoms with Crippen LogP contribution in [0.1, 0.15) is 11.1 Å². The van der Waals surface area contributed by atoms with Crippen molar-refractivity contribution in [2.75, 3.05) is 12.5 Å². The van der Waals surface area contributed by atoms with Crippen molar-refractivity contribution >= 4 is 15.5 Å². The molecule has 6 heteroatoms. The van der Waals surface area contributed by atoms with Crippen LogP contribution in [0.5, 0.6) is 5.75 Å². The molecule has 5 nitrogen and oxygen atoms in total. The summed E-state index contributed by atoms with van der Waals surface area (Å²) >= 11 is 0. The van der Waals surface area contributed by atoms with Crippen LogP contribution >= 0.6 is 0 Å². The van der Waals surface area contributed by atoms with E-state index in [-0.39, 0.29) is 17.4 Å². The molecule has 110 valence electrons. The van der Waals surface area contributed by atoms with E-state index in [0.717, 1.165) is 5.56 Å². The largest absolute Gasteiger partial charge is 0.467 e. The summed E-state index contributed by atoms with van der Waals surface area (Å²) in [6.45, 7) is 0.494. The van der Waals surface area contributed by atoms with Gasteiger partial charge < -0.3 is 15.2 Å². The van der Waals surface area contributed by atoms with E-state index in [1.165, 1.54) is 0 Å². The predicted molar refractivity (Wildman–Crippen MR) is 78.5 cm³/mol. The van der Waals surface area contributed by atoms with E-state index in [1.54, 1.807) is 42.5 Å². The van der Waals surface area contributed by atoms with Crippen LogP contribution in [0.25, 0.3) is 0 Å². The van der Waals surface area contributed by atoms with Crippen molar-refractivity contribution in [1.29, 1.82) is 0 Å². The highest BCUT2D eigenvalue weighted by Gasteiger charge is 2.22. The average Bonchev–Trinajstić information content (AvgIpc) is 2.47. The van der Waals surface area contributed by atoms with E-state index in [1.807, 2.05) is 0 Å². The second kappa shape index (κ2) is 5.38. The third kappa shape index (κ3) is 2.86. The third-order valence-corrected chi connectivity index (χ3v) is 4.94. The number of rotatable bonds is 3. The Bertz CT molecular complexity index is 757. The van der Waals surface area contributed by atoms with E-state index >= 15 is 0 Å². The Morgan fingerprint density at radius 1 is 1.14 bits per heavy atom. The van der Waals surface area contributed by atoms with Crippen LogP contribution < -0.4 is 10.5 Å². The maximum Gasteiger partial charge on any atom is 0.189 e. The molecule has 3 rings (SSSR count). The molecule has 0 radical (unpaired) electrons. The number of sulfone groups is 1. The number of hydrogen-bond acceptors (Lipinski definition) is 5. The number of nitrogens with two attached hydrogens (primary N) is 1. The Balaban J connectivity index is 2.00. The average molecular weight is 305 g/mol. The van der Waals surface area contributed by atoms with Gasteiger partial charge >= 0.3 is 0 Å². The van der Waals surface area contributed by atoms with Gasteiger partial charge in [-0.1, -0.05) is 18.2 Å². The molecule has 0 amide bonds. The van der Waals surface area contributed by atoms with Crippen LogP contribution in [-0.2, 0) is 26.9 Å². The molecule has 0 unspecified atom stereocenters. The van der Waals surface area contributed by atoms with Crippen molar-refractivity contribution in [2.45, 2.75) is 17.3 Å². The lowest BCUT2D eigenvalue weighted by atomic mass is 10.1. The van der Waals surface area contributed by atoms with Crippen LogP contribution in [0.15, 0.2) is 47.4 Å². The van der Waals surface area contributed by atoms with Crippen molar-refractivity contribution < 1.29 is 17.9 Å². The first-order chi connectivity index (χ1) is 10.1. The molecule has 0 bridgehead atoms. The summed E-state index contributed by atoms with van der Waals surface area (Å²) in [5.74, 6) is 0.416. The third-order valence-electron chi connectivity index (χ3n) is 3.26. The minimum Gasteiger partial charge on any atom is -0.467 e. The van der Waals surface area contributed by atoms with E-state index in [9.17, 15) is 8.42 Å². The van der Waals surface area contributed by atoms with Gasteiger partial charge in [0.1, 0.15) is 5.75 Å². The first kappa shape index (κ1) is 13.9. The summed E-state index contributed by atoms with van der Waals surface area (Å²) < 4.78 is 35.6. The fourth-order valence-electron chi connectivity index (χ4n) is 2.35. The number of anilines is 1. The van der Waals surface area contributed by atoms with Gasteiger partial charge in [0.2, 0.25) is 0 Å². The lowest BCUT2D eigenvalue weighted by Crippen LogP contribution is -2.15. The van der Waals surface area contributed by atoms with Gasteiger partial charge in [0.05, 0.1) is 17.3 Å². The molecule has 2 aromatic rings. The van der Waals surface area contributed by atoms with Gasteiger partial charge in [-0.3, -0.25) is 0 Å². The fraction of sp³-hybridized carbons (Fsp3) is 0.200. The number of fused-ring (bicyclic) bond motifs is 1. The number of nitrogen functional groups attached to an aromatic ring is 1. The van der Waals surface area contributed by atoms with Crippen molar-refractivity contribution in [1.82, 2.24) is 0 Å². The van der Waals surface area contributed by atoms with Crippen LogP contribution in [-0.4, -0.2) is 15.2 Å². The van der Waals surface area contributed by atoms with Gasteiger partial charge in [0.25, 0.3) is 0 Å². The van der Waals surface area contributed by atoms with Crippen LogP contribution in [0, 0.1) is 0 Å². The van der Waals surface area contributed by atoms with E-state index < -0.39 is 9.84 Å². The summed E-state index contributed by atoms with van der Waals surface area (Å²) in [6.07, 6.45) is 0. The van der Waals surface area contributed by atoms with Gasteiger partial charge in [-0.2, -0.15) is 0 Å². The highest BCUT2D eigenvalue weighted by Crippen LogP contribution is 2.33. The van der Waals surface area contributed by atoms with Gasteiger partial charge in [-0.25, -0.2) is 8.42 Å². The molecule has 0 spiro atoms. The zero-order valence-corrected chi connectivity index (χ0v) is 12.1. The Morgan fingerprint density at radius 3 is 2.67 bits per heavy atom. The Morgan fingerprint density at radius 2 is 1.90 bits per heavy atom. The molecular weight excluding hydrogens is 290 g/mol. The summed E-state index contributed by atoms with van der Waals surface area (Å²) in [5.41, 5.74) is 7.68. The summed E-state index contributed by atoms with van der Waals surface area (Å²) in [4.78, 5) is 0.285. The fourth-order valence-corrected chi connectivity index (χ4v) is 3.71. The molecule has 2 N–H and O–H groups in total. The van der Waals surface area contributed by atoms with E-state index in [0.29, 0.717) is 23.6 Å². The molecule has 0 aliphatic carbocycles. The Hall–Kier alpha value is -2.05. The summed E-state index contributed by atoms with van der Waals surface area (Å²) in [5, 5.41) is 0. The standard InChI is InChI=1S/C15H15NO4S/c16-13-6-11-8-19-10-20-15(11)12(7-13)9-21(17,18)14-4-2-1-3-5-14/h1-7H,8-10,16H2. The molecule has 0 saturated heterocycles. The van der Waals surface area contributed by atoms with Crippen LogP contribution in [0.2, 0.25) is 0 Å². The monoisotopic (exact) mass is 305 g/mol. The molecule has 21 heavy (non-hydrogen) atoms. The maximum atomic E-state index is 12.5. The highest BCUT2D eigenvalue weighted by molar-refractivity contribution is 7.90. The lowest BCUT2D eigenvalue weighted by Gasteiger charge is -2.21. The van der Waals surface area contributed by atoms with Crippen molar-refractivity contribution in [2.24, 2.45) is 0 Å². The summed E-state index contributed by atoms with van der Waals surface area (Å²) in [6, 6.07) is 11.7. The molecule has 0 fully saturated rings. The SMILES string of the molecule is Nc1cc2c(c(CS(=O)(=O)c3ccccc3)c1)OCOC2. The first-order valence-electron chi connectivity index (χ1n) is 6.46. The minimum atomic E-state index is -3.44. The summed E-state index contributed by atoms with van der Waals surface area (Å²) in [7, 11) is -3.44. The molecule has 0 atom stereocenters. The van der Waals surface area contributed by atoms with Crippen molar-refractivity contribution in [3.63, 3.8) is 0 Å². The zero-order chi connectivity index (χ0) is 14.9. The van der Waals surface area contributed by atoms with E-state index in [4.69, 9.17) is 15.2 Å². The minimum absolute atomic E-state index is 0.120. The van der Waals surface area contributed by atoms with Crippen LogP contribution in [0.3, 0.4) is 0 Å². The molecule has 0 aromatic heterocycles. The quantitative estimate of drug-likeness (QED) is 0.879.